The van der Waals surface area contributed by atoms with Crippen molar-refractivity contribution in [3.63, 3.8) is 0 Å². The molecule has 0 amide bonds. The lowest BCUT2D eigenvalue weighted by Gasteiger charge is -2.10. The molecular formula is C22H26N4. The average molecular weight is 346 g/mol. The number of aryl methyl sites for hydroxylation is 2. The van der Waals surface area contributed by atoms with Gasteiger partial charge in [0.25, 0.3) is 0 Å². The maximum absolute atomic E-state index is 6.83. The van der Waals surface area contributed by atoms with E-state index in [-0.39, 0.29) is 0 Å². The SMILES string of the molecule is [C-]#[N+]CCCCCCNc1c(-c2ccccc2C)nc2cc(C)ccn12. The van der Waals surface area contributed by atoms with E-state index in [4.69, 9.17) is 11.6 Å². The maximum Gasteiger partial charge on any atom is 0.214 e. The molecule has 26 heavy (non-hydrogen) atoms. The molecule has 0 atom stereocenters. The third-order valence-electron chi connectivity index (χ3n) is 4.67. The van der Waals surface area contributed by atoms with Crippen LogP contribution in [0.2, 0.25) is 0 Å². The topological polar surface area (TPSA) is 33.7 Å². The van der Waals surface area contributed by atoms with E-state index in [0.717, 1.165) is 49.4 Å². The van der Waals surface area contributed by atoms with Crippen molar-refractivity contribution in [2.45, 2.75) is 39.5 Å². The molecule has 2 aromatic heterocycles. The van der Waals surface area contributed by atoms with Gasteiger partial charge in [0.2, 0.25) is 6.54 Å². The van der Waals surface area contributed by atoms with E-state index < -0.39 is 0 Å². The fourth-order valence-corrected chi connectivity index (χ4v) is 3.22. The van der Waals surface area contributed by atoms with Crippen molar-refractivity contribution in [1.29, 1.82) is 0 Å². The fraction of sp³-hybridized carbons (Fsp3) is 0.364. The third-order valence-corrected chi connectivity index (χ3v) is 4.67. The molecule has 0 radical (unpaired) electrons. The molecule has 4 heteroatoms. The molecule has 2 heterocycles. The molecule has 4 nitrogen and oxygen atoms in total. The normalized spacial score (nSPS) is 10.8. The molecule has 0 saturated carbocycles. The van der Waals surface area contributed by atoms with Gasteiger partial charge in [0.1, 0.15) is 17.2 Å². The summed E-state index contributed by atoms with van der Waals surface area (Å²) in [6, 6.07) is 12.6. The van der Waals surface area contributed by atoms with Gasteiger partial charge in [-0.2, -0.15) is 0 Å². The first kappa shape index (κ1) is 18.0. The summed E-state index contributed by atoms with van der Waals surface area (Å²) in [7, 11) is 0. The Morgan fingerprint density at radius 2 is 1.88 bits per heavy atom. The Labute approximate surface area is 155 Å². The number of rotatable bonds is 8. The van der Waals surface area contributed by atoms with Crippen LogP contribution >= 0.6 is 0 Å². The van der Waals surface area contributed by atoms with E-state index in [1.165, 1.54) is 16.7 Å². The van der Waals surface area contributed by atoms with Crippen LogP contribution in [0.25, 0.3) is 21.7 Å². The zero-order valence-electron chi connectivity index (χ0n) is 15.6. The molecule has 0 aliphatic rings. The van der Waals surface area contributed by atoms with E-state index in [1.54, 1.807) is 0 Å². The Hall–Kier alpha value is -2.80. The average Bonchev–Trinajstić information content (AvgIpc) is 2.98. The second-order valence-corrected chi connectivity index (χ2v) is 6.78. The molecule has 3 aromatic rings. The molecule has 0 fully saturated rings. The summed E-state index contributed by atoms with van der Waals surface area (Å²) in [5.74, 6) is 1.07. The van der Waals surface area contributed by atoms with Crippen molar-refractivity contribution in [3.05, 3.63) is 65.1 Å². The highest BCUT2D eigenvalue weighted by molar-refractivity contribution is 5.78. The van der Waals surface area contributed by atoms with Crippen LogP contribution in [0.5, 0.6) is 0 Å². The number of aromatic nitrogens is 2. The lowest BCUT2D eigenvalue weighted by Crippen LogP contribution is -2.05. The summed E-state index contributed by atoms with van der Waals surface area (Å²) in [4.78, 5) is 8.32. The number of unbranched alkanes of at least 4 members (excludes halogenated alkanes) is 3. The van der Waals surface area contributed by atoms with Crippen molar-refractivity contribution in [2.75, 3.05) is 18.4 Å². The van der Waals surface area contributed by atoms with Crippen LogP contribution in [-0.2, 0) is 0 Å². The second kappa shape index (κ2) is 8.53. The standard InChI is InChI=1S/C22H26N4/c1-17-12-15-26-20(16-17)25-21(19-11-7-6-10-18(19)2)22(26)24-14-9-5-4-8-13-23-3/h6-7,10-12,15-16,24H,4-5,8-9,13-14H2,1-2H3. The number of benzene rings is 1. The minimum Gasteiger partial charge on any atom is -0.369 e. The minimum atomic E-state index is 0.650. The summed E-state index contributed by atoms with van der Waals surface area (Å²) < 4.78 is 2.15. The van der Waals surface area contributed by atoms with Gasteiger partial charge >= 0.3 is 0 Å². The first-order chi connectivity index (χ1) is 12.7. The van der Waals surface area contributed by atoms with Gasteiger partial charge in [0.15, 0.2) is 0 Å². The van der Waals surface area contributed by atoms with Crippen molar-refractivity contribution in [2.24, 2.45) is 0 Å². The lowest BCUT2D eigenvalue weighted by molar-refractivity contribution is 0.677. The largest absolute Gasteiger partial charge is 0.369 e. The van der Waals surface area contributed by atoms with E-state index in [9.17, 15) is 0 Å². The molecule has 0 unspecified atom stereocenters. The summed E-state index contributed by atoms with van der Waals surface area (Å²) in [6.45, 7) is 12.6. The maximum atomic E-state index is 6.83. The molecule has 0 bridgehead atoms. The van der Waals surface area contributed by atoms with E-state index in [0.29, 0.717) is 6.54 Å². The molecule has 134 valence electrons. The number of hydrogen-bond acceptors (Lipinski definition) is 2. The van der Waals surface area contributed by atoms with Gasteiger partial charge < -0.3 is 10.2 Å². The number of anilines is 1. The highest BCUT2D eigenvalue weighted by Crippen LogP contribution is 2.31. The van der Waals surface area contributed by atoms with Crippen LogP contribution in [0.15, 0.2) is 42.6 Å². The molecule has 3 rings (SSSR count). The third kappa shape index (κ3) is 4.05. The molecule has 0 aliphatic carbocycles. The lowest BCUT2D eigenvalue weighted by atomic mass is 10.1. The first-order valence-electron chi connectivity index (χ1n) is 9.32. The molecule has 0 aliphatic heterocycles. The van der Waals surface area contributed by atoms with Gasteiger partial charge in [-0.05, 0) is 49.9 Å². The Kier molecular flexibility index (Phi) is 5.91. The van der Waals surface area contributed by atoms with Crippen molar-refractivity contribution < 1.29 is 0 Å². The number of hydrogen-bond donors (Lipinski definition) is 1. The van der Waals surface area contributed by atoms with Gasteiger partial charge in [0.05, 0.1) is 0 Å². The molecule has 0 saturated heterocycles. The zero-order valence-corrected chi connectivity index (χ0v) is 15.6. The van der Waals surface area contributed by atoms with Crippen LogP contribution in [0.1, 0.15) is 36.8 Å². The molecule has 1 aromatic carbocycles. The summed E-state index contributed by atoms with van der Waals surface area (Å²) in [6.07, 6.45) is 6.48. The highest BCUT2D eigenvalue weighted by atomic mass is 15.1. The summed E-state index contributed by atoms with van der Waals surface area (Å²) in [5.41, 5.74) is 5.61. The smallest absolute Gasteiger partial charge is 0.214 e. The van der Waals surface area contributed by atoms with Crippen molar-refractivity contribution in [1.82, 2.24) is 9.38 Å². The second-order valence-electron chi connectivity index (χ2n) is 6.78. The Morgan fingerprint density at radius 1 is 1.08 bits per heavy atom. The first-order valence-corrected chi connectivity index (χ1v) is 9.32. The highest BCUT2D eigenvalue weighted by Gasteiger charge is 2.15. The summed E-state index contributed by atoms with van der Waals surface area (Å²) >= 11 is 0. The Balaban J connectivity index is 1.82. The number of nitrogens with zero attached hydrogens (tertiary/aromatic N) is 3. The van der Waals surface area contributed by atoms with Gasteiger partial charge in [-0.3, -0.25) is 4.40 Å². The van der Waals surface area contributed by atoms with E-state index >= 15 is 0 Å². The quantitative estimate of drug-likeness (QED) is 0.431. The van der Waals surface area contributed by atoms with Crippen LogP contribution < -0.4 is 5.32 Å². The van der Waals surface area contributed by atoms with Crippen LogP contribution in [-0.4, -0.2) is 22.5 Å². The molecular weight excluding hydrogens is 320 g/mol. The van der Waals surface area contributed by atoms with Crippen molar-refractivity contribution in [3.8, 4) is 11.3 Å². The van der Waals surface area contributed by atoms with E-state index in [1.807, 2.05) is 0 Å². The number of fused-ring (bicyclic) bond motifs is 1. The van der Waals surface area contributed by atoms with E-state index in [2.05, 4.69) is 71.0 Å². The van der Waals surface area contributed by atoms with Gasteiger partial charge in [-0.1, -0.05) is 30.7 Å². The predicted molar refractivity (Wildman–Crippen MR) is 109 cm³/mol. The van der Waals surface area contributed by atoms with Gasteiger partial charge in [-0.15, -0.1) is 0 Å². The predicted octanol–water partition coefficient (Wildman–Crippen LogP) is 5.51. The van der Waals surface area contributed by atoms with Crippen LogP contribution in [0, 0.1) is 20.4 Å². The van der Waals surface area contributed by atoms with Crippen molar-refractivity contribution >= 4 is 11.5 Å². The van der Waals surface area contributed by atoms with Crippen LogP contribution in [0.4, 0.5) is 5.82 Å². The van der Waals surface area contributed by atoms with Gasteiger partial charge in [0, 0.05) is 24.7 Å². The monoisotopic (exact) mass is 346 g/mol. The number of imidazole rings is 1. The Morgan fingerprint density at radius 3 is 2.69 bits per heavy atom. The number of nitrogens with one attached hydrogen (secondary N) is 1. The number of pyridine rings is 1. The Bertz CT molecular complexity index is 918. The van der Waals surface area contributed by atoms with Gasteiger partial charge in [-0.25, -0.2) is 11.6 Å². The molecule has 1 N–H and O–H groups in total. The summed E-state index contributed by atoms with van der Waals surface area (Å²) in [5, 5.41) is 3.61. The molecule has 0 spiro atoms. The zero-order chi connectivity index (χ0) is 18.4. The fourth-order valence-electron chi connectivity index (χ4n) is 3.22. The van der Waals surface area contributed by atoms with Crippen LogP contribution in [0.3, 0.4) is 0 Å². The minimum absolute atomic E-state index is 0.650.